The highest BCUT2D eigenvalue weighted by atomic mass is 35.5. The monoisotopic (exact) mass is 337 g/mol. The van der Waals surface area contributed by atoms with E-state index in [0.717, 1.165) is 0 Å². The van der Waals surface area contributed by atoms with Crippen molar-refractivity contribution in [1.29, 1.82) is 10.5 Å². The summed E-state index contributed by atoms with van der Waals surface area (Å²) in [6.07, 6.45) is -0.166. The van der Waals surface area contributed by atoms with E-state index in [2.05, 4.69) is 10.5 Å². The molecule has 1 heterocycles. The molecule has 2 atom stereocenters. The summed E-state index contributed by atoms with van der Waals surface area (Å²) in [5.41, 5.74) is 3.05. The average molecular weight is 338 g/mol. The smallest absolute Gasteiger partial charge is 0.244 e. The number of rotatable bonds is 5. The Balaban J connectivity index is 3.74. The Labute approximate surface area is 140 Å². The molecule has 23 heavy (non-hydrogen) atoms. The standard InChI is InChI=1S/C15H20ClN5O2/c1-5-14(6-2)13(23-21-9(3)4)20-11(16)10(7-17)15(14,8-18)12(19)22/h13,20H,5-6H2,1-4H3,(H2,19,22)/t13-,15+/m1/s1. The van der Waals surface area contributed by atoms with Crippen molar-refractivity contribution in [3.63, 3.8) is 0 Å². The number of carbonyl (C=O) groups is 1. The van der Waals surface area contributed by atoms with Crippen LogP contribution in [0.4, 0.5) is 0 Å². The van der Waals surface area contributed by atoms with Crippen LogP contribution in [-0.2, 0) is 9.63 Å². The highest BCUT2D eigenvalue weighted by Crippen LogP contribution is 2.55. The third-order valence-corrected chi connectivity index (χ3v) is 4.65. The quantitative estimate of drug-likeness (QED) is 0.451. The summed E-state index contributed by atoms with van der Waals surface area (Å²) in [5.74, 6) is -0.925. The van der Waals surface area contributed by atoms with Crippen molar-refractivity contribution in [2.24, 2.45) is 21.7 Å². The molecule has 3 N–H and O–H groups in total. The van der Waals surface area contributed by atoms with Gasteiger partial charge in [-0.3, -0.25) is 4.79 Å². The number of amides is 1. The molecule has 0 aromatic rings. The van der Waals surface area contributed by atoms with Gasteiger partial charge in [0.1, 0.15) is 11.2 Å². The molecule has 0 saturated heterocycles. The molecule has 8 heteroatoms. The lowest BCUT2D eigenvalue weighted by Crippen LogP contribution is -2.63. The fourth-order valence-corrected chi connectivity index (χ4v) is 3.38. The fourth-order valence-electron chi connectivity index (χ4n) is 3.10. The second-order valence-electron chi connectivity index (χ2n) is 5.56. The van der Waals surface area contributed by atoms with Gasteiger partial charge in [-0.2, -0.15) is 10.5 Å². The first kappa shape index (κ1) is 18.8. The lowest BCUT2D eigenvalue weighted by molar-refractivity contribution is -0.145. The summed E-state index contributed by atoms with van der Waals surface area (Å²) in [5, 5.41) is 25.9. The molecule has 1 amide bonds. The van der Waals surface area contributed by atoms with E-state index in [9.17, 15) is 15.3 Å². The van der Waals surface area contributed by atoms with Gasteiger partial charge in [0.05, 0.1) is 22.8 Å². The Kier molecular flexibility index (Phi) is 5.63. The normalized spacial score (nSPS) is 25.6. The Morgan fingerprint density at radius 3 is 2.35 bits per heavy atom. The number of nitrogens with zero attached hydrogens (tertiary/aromatic N) is 3. The maximum Gasteiger partial charge on any atom is 0.244 e. The van der Waals surface area contributed by atoms with Crippen molar-refractivity contribution < 1.29 is 9.63 Å². The number of carbonyl (C=O) groups excluding carboxylic acids is 1. The van der Waals surface area contributed by atoms with Gasteiger partial charge in [0, 0.05) is 0 Å². The predicted octanol–water partition coefficient (Wildman–Crippen LogP) is 2.10. The molecule has 0 aliphatic carbocycles. The number of halogens is 1. The Bertz CT molecular complexity index is 635. The van der Waals surface area contributed by atoms with Crippen molar-refractivity contribution in [3.05, 3.63) is 10.7 Å². The predicted molar refractivity (Wildman–Crippen MR) is 85.5 cm³/mol. The molecule has 1 aliphatic heterocycles. The Morgan fingerprint density at radius 1 is 1.43 bits per heavy atom. The summed E-state index contributed by atoms with van der Waals surface area (Å²) in [7, 11) is 0. The van der Waals surface area contributed by atoms with E-state index in [-0.39, 0.29) is 10.7 Å². The zero-order chi connectivity index (χ0) is 17.8. The molecule has 0 saturated carbocycles. The topological polar surface area (TPSA) is 124 Å². The zero-order valence-corrected chi connectivity index (χ0v) is 14.4. The van der Waals surface area contributed by atoms with Gasteiger partial charge in [0.2, 0.25) is 12.1 Å². The number of primary amides is 1. The number of hydrogen-bond acceptors (Lipinski definition) is 6. The molecule has 0 unspecified atom stereocenters. The van der Waals surface area contributed by atoms with Crippen LogP contribution < -0.4 is 11.1 Å². The molecule has 0 spiro atoms. The summed E-state index contributed by atoms with van der Waals surface area (Å²) in [6.45, 7) is 7.08. The third kappa shape index (κ3) is 2.62. The molecule has 1 aliphatic rings. The van der Waals surface area contributed by atoms with Crippen LogP contribution in [0.5, 0.6) is 0 Å². The molecule has 0 aromatic carbocycles. The molecule has 124 valence electrons. The van der Waals surface area contributed by atoms with Crippen LogP contribution in [0.25, 0.3) is 0 Å². The van der Waals surface area contributed by atoms with Crippen LogP contribution in [0.2, 0.25) is 0 Å². The Hall–Kier alpha value is -2.25. The van der Waals surface area contributed by atoms with Crippen LogP contribution in [0.3, 0.4) is 0 Å². The number of nitrogens with two attached hydrogens (primary N) is 1. The van der Waals surface area contributed by atoms with Crippen LogP contribution in [-0.4, -0.2) is 17.8 Å². The van der Waals surface area contributed by atoms with Crippen molar-refractivity contribution in [2.75, 3.05) is 0 Å². The van der Waals surface area contributed by atoms with E-state index in [1.165, 1.54) is 0 Å². The zero-order valence-electron chi connectivity index (χ0n) is 13.6. The number of oxime groups is 1. The second kappa shape index (κ2) is 6.89. The summed E-state index contributed by atoms with van der Waals surface area (Å²) >= 11 is 6.10. The highest BCUT2D eigenvalue weighted by Gasteiger charge is 2.65. The van der Waals surface area contributed by atoms with Crippen molar-refractivity contribution in [1.82, 2.24) is 5.32 Å². The molecular weight excluding hydrogens is 318 g/mol. The van der Waals surface area contributed by atoms with E-state index < -0.39 is 23.0 Å². The molecule has 0 radical (unpaired) electrons. The van der Waals surface area contributed by atoms with Crippen LogP contribution in [0, 0.1) is 33.5 Å². The molecule has 1 rings (SSSR count). The average Bonchev–Trinajstić information content (AvgIpc) is 2.51. The third-order valence-electron chi connectivity index (χ3n) is 4.35. The summed E-state index contributed by atoms with van der Waals surface area (Å²) in [6, 6.07) is 3.81. The van der Waals surface area contributed by atoms with E-state index in [4.69, 9.17) is 22.2 Å². The molecule has 0 bridgehead atoms. The fraction of sp³-hybridized carbons (Fsp3) is 0.600. The van der Waals surface area contributed by atoms with Gasteiger partial charge in [-0.15, -0.1) is 0 Å². The molecule has 0 fully saturated rings. The van der Waals surface area contributed by atoms with Gasteiger partial charge in [0.25, 0.3) is 0 Å². The maximum atomic E-state index is 12.3. The van der Waals surface area contributed by atoms with Crippen LogP contribution in [0.1, 0.15) is 40.5 Å². The lowest BCUT2D eigenvalue weighted by Gasteiger charge is -2.50. The molecule has 7 nitrogen and oxygen atoms in total. The van der Waals surface area contributed by atoms with Crippen molar-refractivity contribution in [2.45, 2.75) is 46.8 Å². The highest BCUT2D eigenvalue weighted by molar-refractivity contribution is 6.30. The van der Waals surface area contributed by atoms with E-state index >= 15 is 0 Å². The summed E-state index contributed by atoms with van der Waals surface area (Å²) < 4.78 is 0. The molecule has 0 aromatic heterocycles. The van der Waals surface area contributed by atoms with Crippen molar-refractivity contribution in [3.8, 4) is 12.1 Å². The second-order valence-corrected chi connectivity index (χ2v) is 5.94. The van der Waals surface area contributed by atoms with Gasteiger partial charge >= 0.3 is 0 Å². The van der Waals surface area contributed by atoms with E-state index in [1.54, 1.807) is 27.7 Å². The summed E-state index contributed by atoms with van der Waals surface area (Å²) in [4.78, 5) is 17.8. The number of nitriles is 2. The van der Waals surface area contributed by atoms with E-state index in [0.29, 0.717) is 18.6 Å². The first-order valence-electron chi connectivity index (χ1n) is 7.22. The van der Waals surface area contributed by atoms with Gasteiger partial charge < -0.3 is 15.9 Å². The minimum atomic E-state index is -1.89. The lowest BCUT2D eigenvalue weighted by atomic mass is 9.55. The van der Waals surface area contributed by atoms with Gasteiger partial charge in [-0.1, -0.05) is 30.6 Å². The van der Waals surface area contributed by atoms with Gasteiger partial charge in [0.15, 0.2) is 5.41 Å². The van der Waals surface area contributed by atoms with Gasteiger partial charge in [-0.05, 0) is 26.7 Å². The number of nitrogens with one attached hydrogen (secondary N) is 1. The van der Waals surface area contributed by atoms with E-state index in [1.807, 2.05) is 12.1 Å². The van der Waals surface area contributed by atoms with Crippen LogP contribution in [0.15, 0.2) is 15.9 Å². The largest absolute Gasteiger partial charge is 0.370 e. The molecular formula is C15H20ClN5O2. The van der Waals surface area contributed by atoms with Crippen LogP contribution >= 0.6 is 11.6 Å². The minimum absolute atomic E-state index is 0.126. The minimum Gasteiger partial charge on any atom is -0.370 e. The van der Waals surface area contributed by atoms with Gasteiger partial charge in [-0.25, -0.2) is 0 Å². The number of hydrogen-bond donors (Lipinski definition) is 2. The SMILES string of the molecule is CCC1(CC)[C@@H](ON=C(C)C)NC(Cl)=C(C#N)[C@@]1(C#N)C(N)=O. The first-order chi connectivity index (χ1) is 10.8. The maximum absolute atomic E-state index is 12.3. The first-order valence-corrected chi connectivity index (χ1v) is 7.60. The van der Waals surface area contributed by atoms with Crippen molar-refractivity contribution >= 4 is 23.2 Å². The Morgan fingerprint density at radius 2 is 2.00 bits per heavy atom.